The number of aromatic nitrogens is 2. The molecule has 0 unspecified atom stereocenters. The van der Waals surface area contributed by atoms with Crippen LogP contribution in [0.1, 0.15) is 5.56 Å². The summed E-state index contributed by atoms with van der Waals surface area (Å²) in [5.74, 6) is 0.657. The summed E-state index contributed by atoms with van der Waals surface area (Å²) in [5.41, 5.74) is 3.88. The van der Waals surface area contributed by atoms with E-state index in [1.807, 2.05) is 13.0 Å². The Bertz CT molecular complexity index is 410. The van der Waals surface area contributed by atoms with Gasteiger partial charge in [0.15, 0.2) is 0 Å². The Kier molecular flexibility index (Phi) is 1.69. The Balaban J connectivity index is 2.75. The molecule has 0 saturated heterocycles. The lowest BCUT2D eigenvalue weighted by Crippen LogP contribution is -1.88. The quantitative estimate of drug-likeness (QED) is 0.673. The first-order chi connectivity index (χ1) is 5.81. The monoisotopic (exact) mass is 180 g/mol. The number of methoxy groups -OCH3 is 1. The van der Waals surface area contributed by atoms with Gasteiger partial charge in [0, 0.05) is 6.07 Å². The molecule has 0 N–H and O–H groups in total. The van der Waals surface area contributed by atoms with Crippen molar-refractivity contribution in [3.63, 3.8) is 0 Å². The van der Waals surface area contributed by atoms with Gasteiger partial charge in [0.25, 0.3) is 0 Å². The molecule has 2 aromatic rings. The molecule has 0 fully saturated rings. The van der Waals surface area contributed by atoms with Crippen molar-refractivity contribution in [3.05, 3.63) is 17.1 Å². The van der Waals surface area contributed by atoms with E-state index in [0.29, 0.717) is 5.88 Å². The second kappa shape index (κ2) is 2.71. The van der Waals surface area contributed by atoms with E-state index in [4.69, 9.17) is 4.74 Å². The molecule has 2 aromatic heterocycles. The Labute approximate surface area is 74.0 Å². The molecule has 3 nitrogen and oxygen atoms in total. The number of rotatable bonds is 1. The van der Waals surface area contributed by atoms with Crippen LogP contribution in [-0.4, -0.2) is 17.1 Å². The molecule has 0 aromatic carbocycles. The number of ether oxygens (including phenoxy) is 1. The van der Waals surface area contributed by atoms with Gasteiger partial charge in [-0.15, -0.1) is 11.3 Å². The van der Waals surface area contributed by atoms with E-state index in [1.165, 1.54) is 11.3 Å². The molecule has 0 bridgehead atoms. The molecule has 4 heteroatoms. The molecule has 0 aliphatic rings. The highest BCUT2D eigenvalue weighted by Gasteiger charge is 2.04. The van der Waals surface area contributed by atoms with Crippen LogP contribution in [0.2, 0.25) is 0 Å². The van der Waals surface area contributed by atoms with Crippen molar-refractivity contribution in [3.8, 4) is 5.88 Å². The summed E-state index contributed by atoms with van der Waals surface area (Å²) in [7, 11) is 1.62. The smallest absolute Gasteiger partial charge is 0.214 e. The molecule has 2 rings (SSSR count). The fraction of sp³-hybridized carbons (Fsp3) is 0.250. The molecule has 0 aliphatic heterocycles. The second-order valence-corrected chi connectivity index (χ2v) is 3.32. The highest BCUT2D eigenvalue weighted by atomic mass is 32.1. The Morgan fingerprint density at radius 2 is 2.33 bits per heavy atom. The van der Waals surface area contributed by atoms with Crippen molar-refractivity contribution in [2.75, 3.05) is 7.11 Å². The Morgan fingerprint density at radius 1 is 1.50 bits per heavy atom. The van der Waals surface area contributed by atoms with Gasteiger partial charge in [-0.05, 0) is 12.5 Å². The van der Waals surface area contributed by atoms with Crippen LogP contribution in [0.25, 0.3) is 10.3 Å². The average Bonchev–Trinajstić information content (AvgIpc) is 2.52. The van der Waals surface area contributed by atoms with E-state index in [-0.39, 0.29) is 0 Å². The molecule has 62 valence electrons. The number of fused-ring (bicyclic) bond motifs is 1. The highest BCUT2D eigenvalue weighted by molar-refractivity contribution is 7.16. The molecule has 0 spiro atoms. The van der Waals surface area contributed by atoms with Crippen molar-refractivity contribution in [2.45, 2.75) is 6.92 Å². The van der Waals surface area contributed by atoms with Gasteiger partial charge >= 0.3 is 0 Å². The summed E-state index contributed by atoms with van der Waals surface area (Å²) < 4.78 is 5.04. The first-order valence-corrected chi connectivity index (χ1v) is 4.44. The van der Waals surface area contributed by atoms with Gasteiger partial charge in [-0.2, -0.15) is 0 Å². The number of hydrogen-bond acceptors (Lipinski definition) is 4. The molecule has 0 aliphatic carbocycles. The lowest BCUT2D eigenvalue weighted by Gasteiger charge is -1.99. The SMILES string of the molecule is COc1cc(C)c2ncsc2n1. The molecular weight excluding hydrogens is 172 g/mol. The van der Waals surface area contributed by atoms with Gasteiger partial charge < -0.3 is 4.74 Å². The van der Waals surface area contributed by atoms with Gasteiger partial charge in [0.1, 0.15) is 10.3 Å². The van der Waals surface area contributed by atoms with Gasteiger partial charge in [-0.1, -0.05) is 0 Å². The summed E-state index contributed by atoms with van der Waals surface area (Å²) in [6.07, 6.45) is 0. The van der Waals surface area contributed by atoms with Crippen LogP contribution in [0.15, 0.2) is 11.6 Å². The lowest BCUT2D eigenvalue weighted by molar-refractivity contribution is 0.399. The van der Waals surface area contributed by atoms with E-state index in [1.54, 1.807) is 12.6 Å². The van der Waals surface area contributed by atoms with Gasteiger partial charge in [0.05, 0.1) is 12.6 Å². The number of pyridine rings is 1. The number of hydrogen-bond donors (Lipinski definition) is 0. The standard InChI is InChI=1S/C8H8N2OS/c1-5-3-6(11-2)10-8-7(5)9-4-12-8/h3-4H,1-2H3. The predicted molar refractivity (Wildman–Crippen MR) is 48.7 cm³/mol. The minimum absolute atomic E-state index is 0.657. The Hall–Kier alpha value is -1.16. The largest absolute Gasteiger partial charge is 0.481 e. The van der Waals surface area contributed by atoms with Gasteiger partial charge in [0.2, 0.25) is 5.88 Å². The van der Waals surface area contributed by atoms with Crippen molar-refractivity contribution in [1.29, 1.82) is 0 Å². The van der Waals surface area contributed by atoms with Crippen LogP contribution in [0.4, 0.5) is 0 Å². The minimum atomic E-state index is 0.657. The van der Waals surface area contributed by atoms with Crippen molar-refractivity contribution in [2.24, 2.45) is 0 Å². The van der Waals surface area contributed by atoms with E-state index in [2.05, 4.69) is 9.97 Å². The fourth-order valence-electron chi connectivity index (χ4n) is 1.08. The number of nitrogens with zero attached hydrogens (tertiary/aromatic N) is 2. The zero-order valence-electron chi connectivity index (χ0n) is 6.87. The second-order valence-electron chi connectivity index (χ2n) is 2.49. The Morgan fingerprint density at radius 3 is 3.08 bits per heavy atom. The molecule has 2 heterocycles. The van der Waals surface area contributed by atoms with E-state index >= 15 is 0 Å². The topological polar surface area (TPSA) is 35.0 Å². The normalized spacial score (nSPS) is 10.5. The fourth-order valence-corrected chi connectivity index (χ4v) is 1.81. The minimum Gasteiger partial charge on any atom is -0.481 e. The lowest BCUT2D eigenvalue weighted by atomic mass is 10.3. The predicted octanol–water partition coefficient (Wildman–Crippen LogP) is 2.01. The summed E-state index contributed by atoms with van der Waals surface area (Å²) in [6.45, 7) is 2.01. The van der Waals surface area contributed by atoms with Crippen molar-refractivity contribution in [1.82, 2.24) is 9.97 Å². The van der Waals surface area contributed by atoms with Crippen molar-refractivity contribution >= 4 is 21.7 Å². The highest BCUT2D eigenvalue weighted by Crippen LogP contribution is 2.22. The molecule has 0 radical (unpaired) electrons. The molecule has 0 amide bonds. The van der Waals surface area contributed by atoms with E-state index < -0.39 is 0 Å². The van der Waals surface area contributed by atoms with Crippen LogP contribution < -0.4 is 4.74 Å². The third kappa shape index (κ3) is 1.04. The van der Waals surface area contributed by atoms with Crippen molar-refractivity contribution < 1.29 is 4.74 Å². The van der Waals surface area contributed by atoms with Crippen LogP contribution in [-0.2, 0) is 0 Å². The van der Waals surface area contributed by atoms with Crippen LogP contribution in [0.5, 0.6) is 5.88 Å². The maximum Gasteiger partial charge on any atom is 0.214 e. The third-order valence-corrected chi connectivity index (χ3v) is 2.40. The van der Waals surface area contributed by atoms with Crippen LogP contribution in [0, 0.1) is 6.92 Å². The van der Waals surface area contributed by atoms with E-state index in [0.717, 1.165) is 15.9 Å². The summed E-state index contributed by atoms with van der Waals surface area (Å²) in [5, 5.41) is 0. The van der Waals surface area contributed by atoms with Gasteiger partial charge in [-0.3, -0.25) is 0 Å². The zero-order chi connectivity index (χ0) is 8.55. The molecule has 12 heavy (non-hydrogen) atoms. The zero-order valence-corrected chi connectivity index (χ0v) is 7.68. The molecule has 0 atom stereocenters. The average molecular weight is 180 g/mol. The summed E-state index contributed by atoms with van der Waals surface area (Å²) >= 11 is 1.53. The van der Waals surface area contributed by atoms with Crippen LogP contribution >= 0.6 is 11.3 Å². The summed E-state index contributed by atoms with van der Waals surface area (Å²) in [6, 6.07) is 1.89. The maximum absolute atomic E-state index is 5.04. The first-order valence-electron chi connectivity index (χ1n) is 3.56. The van der Waals surface area contributed by atoms with Gasteiger partial charge in [-0.25, -0.2) is 9.97 Å². The molecular formula is C8H8N2OS. The first kappa shape index (κ1) is 7.49. The number of aryl methyl sites for hydroxylation is 1. The van der Waals surface area contributed by atoms with E-state index in [9.17, 15) is 0 Å². The molecule has 0 saturated carbocycles. The third-order valence-electron chi connectivity index (χ3n) is 1.68. The summed E-state index contributed by atoms with van der Waals surface area (Å²) in [4.78, 5) is 9.38. The number of thiazole rings is 1. The maximum atomic E-state index is 5.04. The van der Waals surface area contributed by atoms with Crippen LogP contribution in [0.3, 0.4) is 0 Å².